The van der Waals surface area contributed by atoms with Gasteiger partial charge in [-0.2, -0.15) is 0 Å². The molecule has 0 aromatic carbocycles. The van der Waals surface area contributed by atoms with Crippen LogP contribution in [0.1, 0.15) is 13.3 Å². The van der Waals surface area contributed by atoms with Crippen molar-refractivity contribution in [3.05, 3.63) is 21.8 Å². The second-order valence-corrected chi connectivity index (χ2v) is 5.56. The van der Waals surface area contributed by atoms with Gasteiger partial charge in [0.1, 0.15) is 5.82 Å². The highest BCUT2D eigenvalue weighted by molar-refractivity contribution is 9.10. The van der Waals surface area contributed by atoms with Crippen molar-refractivity contribution in [1.82, 2.24) is 4.98 Å². The second-order valence-electron chi connectivity index (χ2n) is 4.24. The molecule has 2 unspecified atom stereocenters. The Bertz CT molecular complexity index is 388. The average molecular weight is 306 g/mol. The van der Waals surface area contributed by atoms with Crippen molar-refractivity contribution in [2.45, 2.75) is 19.4 Å². The van der Waals surface area contributed by atoms with E-state index >= 15 is 0 Å². The summed E-state index contributed by atoms with van der Waals surface area (Å²) in [5.74, 6) is 1.11. The number of aliphatic hydroxyl groups excluding tert-OH is 1. The lowest BCUT2D eigenvalue weighted by atomic mass is 9.96. The first kappa shape index (κ1) is 12.1. The molecule has 88 valence electrons. The molecule has 16 heavy (non-hydrogen) atoms. The molecule has 1 fully saturated rings. The predicted octanol–water partition coefficient (Wildman–Crippen LogP) is 2.70. The Morgan fingerprint density at radius 1 is 1.62 bits per heavy atom. The van der Waals surface area contributed by atoms with Crippen LogP contribution < -0.4 is 4.90 Å². The van der Waals surface area contributed by atoms with Crippen molar-refractivity contribution in [3.8, 4) is 0 Å². The summed E-state index contributed by atoms with van der Waals surface area (Å²) in [5, 5.41) is 10.5. The Labute approximate surface area is 109 Å². The number of halogens is 2. The van der Waals surface area contributed by atoms with Gasteiger partial charge < -0.3 is 10.0 Å². The minimum Gasteiger partial charge on any atom is -0.391 e. The van der Waals surface area contributed by atoms with Gasteiger partial charge in [-0.3, -0.25) is 0 Å². The van der Waals surface area contributed by atoms with Gasteiger partial charge in [-0.05, 0) is 34.3 Å². The van der Waals surface area contributed by atoms with Gasteiger partial charge in [0.2, 0.25) is 0 Å². The number of hydrogen-bond donors (Lipinski definition) is 1. The maximum absolute atomic E-state index is 9.83. The van der Waals surface area contributed by atoms with Gasteiger partial charge in [0.05, 0.1) is 11.1 Å². The van der Waals surface area contributed by atoms with Crippen LogP contribution in [0.25, 0.3) is 0 Å². The van der Waals surface area contributed by atoms with Crippen molar-refractivity contribution in [1.29, 1.82) is 0 Å². The number of hydrogen-bond acceptors (Lipinski definition) is 3. The molecule has 2 rings (SSSR count). The quantitative estimate of drug-likeness (QED) is 0.866. The lowest BCUT2D eigenvalue weighted by Gasteiger charge is -2.35. The summed E-state index contributed by atoms with van der Waals surface area (Å²) in [7, 11) is 0. The molecule has 1 N–H and O–H groups in total. The Kier molecular flexibility index (Phi) is 3.72. The van der Waals surface area contributed by atoms with Gasteiger partial charge in [-0.15, -0.1) is 0 Å². The molecule has 0 radical (unpaired) electrons. The van der Waals surface area contributed by atoms with E-state index in [0.717, 1.165) is 23.3 Å². The SMILES string of the molecule is CC1CCN(c2ncc(Br)cc2Cl)CC1O. The van der Waals surface area contributed by atoms with Crippen LogP contribution >= 0.6 is 27.5 Å². The highest BCUT2D eigenvalue weighted by Crippen LogP contribution is 2.29. The van der Waals surface area contributed by atoms with Gasteiger partial charge in [0.15, 0.2) is 0 Å². The molecule has 1 saturated heterocycles. The van der Waals surface area contributed by atoms with Crippen molar-refractivity contribution < 1.29 is 5.11 Å². The molecule has 1 aliphatic rings. The zero-order valence-corrected chi connectivity index (χ0v) is 11.4. The van der Waals surface area contributed by atoms with Gasteiger partial charge in [0, 0.05) is 23.8 Å². The van der Waals surface area contributed by atoms with Crippen LogP contribution in [0.3, 0.4) is 0 Å². The van der Waals surface area contributed by atoms with Gasteiger partial charge in [-0.1, -0.05) is 18.5 Å². The summed E-state index contributed by atoms with van der Waals surface area (Å²) in [6, 6.07) is 1.83. The van der Waals surface area contributed by atoms with Crippen LogP contribution in [0.5, 0.6) is 0 Å². The first-order valence-electron chi connectivity index (χ1n) is 5.32. The Morgan fingerprint density at radius 3 is 3.00 bits per heavy atom. The van der Waals surface area contributed by atoms with E-state index in [-0.39, 0.29) is 6.10 Å². The summed E-state index contributed by atoms with van der Waals surface area (Å²) >= 11 is 9.46. The monoisotopic (exact) mass is 304 g/mol. The molecule has 0 amide bonds. The largest absolute Gasteiger partial charge is 0.391 e. The van der Waals surface area contributed by atoms with Crippen LogP contribution in [0, 0.1) is 5.92 Å². The van der Waals surface area contributed by atoms with Crippen LogP contribution in [0.2, 0.25) is 5.02 Å². The average Bonchev–Trinajstić information content (AvgIpc) is 2.22. The van der Waals surface area contributed by atoms with Gasteiger partial charge >= 0.3 is 0 Å². The minimum atomic E-state index is -0.296. The Balaban J connectivity index is 2.18. The minimum absolute atomic E-state index is 0.296. The molecule has 1 aromatic rings. The first-order chi connectivity index (χ1) is 7.58. The molecule has 0 aliphatic carbocycles. The van der Waals surface area contributed by atoms with Crippen molar-refractivity contribution >= 4 is 33.3 Å². The van der Waals surface area contributed by atoms with E-state index < -0.39 is 0 Å². The Hall–Kier alpha value is -0.320. The lowest BCUT2D eigenvalue weighted by molar-refractivity contribution is 0.102. The third-order valence-corrected chi connectivity index (χ3v) is 3.72. The topological polar surface area (TPSA) is 36.4 Å². The van der Waals surface area contributed by atoms with Crippen LogP contribution in [0.4, 0.5) is 5.82 Å². The highest BCUT2D eigenvalue weighted by Gasteiger charge is 2.26. The van der Waals surface area contributed by atoms with Crippen molar-refractivity contribution in [2.24, 2.45) is 5.92 Å². The van der Waals surface area contributed by atoms with E-state index in [0.29, 0.717) is 17.5 Å². The zero-order chi connectivity index (χ0) is 11.7. The van der Waals surface area contributed by atoms with Gasteiger partial charge in [-0.25, -0.2) is 4.98 Å². The number of β-amino-alcohol motifs (C(OH)–C–C–N with tert-alkyl or cyclic N) is 1. The summed E-state index contributed by atoms with van der Waals surface area (Å²) in [5.41, 5.74) is 0. The smallest absolute Gasteiger partial charge is 0.147 e. The lowest BCUT2D eigenvalue weighted by Crippen LogP contribution is -2.43. The number of pyridine rings is 1. The number of nitrogens with zero attached hydrogens (tertiary/aromatic N) is 2. The molecule has 1 aliphatic heterocycles. The molecular formula is C11H14BrClN2O. The van der Waals surface area contributed by atoms with E-state index in [4.69, 9.17) is 11.6 Å². The van der Waals surface area contributed by atoms with Crippen LogP contribution in [-0.4, -0.2) is 29.3 Å². The molecule has 3 nitrogen and oxygen atoms in total. The summed E-state index contributed by atoms with van der Waals surface area (Å²) in [4.78, 5) is 6.34. The first-order valence-corrected chi connectivity index (χ1v) is 6.49. The fourth-order valence-corrected chi connectivity index (χ4v) is 2.63. The number of aliphatic hydroxyl groups is 1. The molecule has 0 saturated carbocycles. The third-order valence-electron chi connectivity index (χ3n) is 3.01. The molecule has 0 spiro atoms. The zero-order valence-electron chi connectivity index (χ0n) is 9.03. The number of anilines is 1. The molecular weight excluding hydrogens is 291 g/mol. The number of piperidine rings is 1. The Morgan fingerprint density at radius 2 is 2.38 bits per heavy atom. The highest BCUT2D eigenvalue weighted by atomic mass is 79.9. The maximum Gasteiger partial charge on any atom is 0.147 e. The predicted molar refractivity (Wildman–Crippen MR) is 68.9 cm³/mol. The third kappa shape index (κ3) is 2.50. The van der Waals surface area contributed by atoms with Crippen molar-refractivity contribution in [2.75, 3.05) is 18.0 Å². The van der Waals surface area contributed by atoms with Crippen LogP contribution in [-0.2, 0) is 0 Å². The number of rotatable bonds is 1. The van der Waals surface area contributed by atoms with E-state index in [1.807, 2.05) is 11.0 Å². The standard InChI is InChI=1S/C11H14BrClN2O/c1-7-2-3-15(6-10(7)16)11-9(13)4-8(12)5-14-11/h4-5,7,10,16H,2-3,6H2,1H3. The fourth-order valence-electron chi connectivity index (χ4n) is 1.88. The normalized spacial score (nSPS) is 25.9. The van der Waals surface area contributed by atoms with Crippen LogP contribution in [0.15, 0.2) is 16.7 Å². The van der Waals surface area contributed by atoms with E-state index in [2.05, 4.69) is 27.8 Å². The van der Waals surface area contributed by atoms with Gasteiger partial charge in [0.25, 0.3) is 0 Å². The maximum atomic E-state index is 9.83. The molecule has 1 aromatic heterocycles. The summed E-state index contributed by atoms with van der Waals surface area (Å²) in [6.45, 7) is 3.57. The molecule has 0 bridgehead atoms. The molecule has 2 atom stereocenters. The summed E-state index contributed by atoms with van der Waals surface area (Å²) in [6.07, 6.45) is 2.40. The molecule has 5 heteroatoms. The summed E-state index contributed by atoms with van der Waals surface area (Å²) < 4.78 is 0.868. The fraction of sp³-hybridized carbons (Fsp3) is 0.545. The van der Waals surface area contributed by atoms with E-state index in [1.54, 1.807) is 6.20 Å². The van der Waals surface area contributed by atoms with E-state index in [1.165, 1.54) is 0 Å². The van der Waals surface area contributed by atoms with E-state index in [9.17, 15) is 5.11 Å². The van der Waals surface area contributed by atoms with Crippen molar-refractivity contribution in [3.63, 3.8) is 0 Å². The second kappa shape index (κ2) is 4.90. The number of aromatic nitrogens is 1. The molecule has 2 heterocycles.